The van der Waals surface area contributed by atoms with Gasteiger partial charge in [0.05, 0.1) is 12.3 Å². The summed E-state index contributed by atoms with van der Waals surface area (Å²) in [6, 6.07) is 6.91. The summed E-state index contributed by atoms with van der Waals surface area (Å²) in [5.74, 6) is 0.0704. The molecular formula is C20H30N2O3. The topological polar surface area (TPSA) is 69.6 Å². The monoisotopic (exact) mass is 346 g/mol. The van der Waals surface area contributed by atoms with Gasteiger partial charge in [0.25, 0.3) is 0 Å². The first kappa shape index (κ1) is 19.3. The van der Waals surface area contributed by atoms with Gasteiger partial charge in [-0.1, -0.05) is 44.4 Å². The second-order valence-electron chi connectivity index (χ2n) is 6.84. The predicted molar refractivity (Wildman–Crippen MR) is 98.3 cm³/mol. The molecule has 5 nitrogen and oxygen atoms in total. The molecule has 25 heavy (non-hydrogen) atoms. The third-order valence-corrected chi connectivity index (χ3v) is 4.81. The molecule has 0 saturated carbocycles. The molecule has 1 saturated heterocycles. The number of unbranched alkanes of at least 4 members (excludes halogenated alkanes) is 3. The third-order valence-electron chi connectivity index (χ3n) is 4.81. The summed E-state index contributed by atoms with van der Waals surface area (Å²) in [6.07, 6.45) is 6.41. The number of hydrogen-bond donors (Lipinski definition) is 2. The van der Waals surface area contributed by atoms with Crippen molar-refractivity contribution in [3.05, 3.63) is 29.8 Å². The van der Waals surface area contributed by atoms with Crippen LogP contribution in [0.3, 0.4) is 0 Å². The van der Waals surface area contributed by atoms with Crippen LogP contribution in [0, 0.1) is 5.92 Å². The van der Waals surface area contributed by atoms with Crippen LogP contribution in [0.15, 0.2) is 24.3 Å². The molecule has 2 amide bonds. The van der Waals surface area contributed by atoms with Crippen LogP contribution in [0.5, 0.6) is 5.75 Å². The van der Waals surface area contributed by atoms with Crippen molar-refractivity contribution in [1.82, 2.24) is 10.2 Å². The van der Waals surface area contributed by atoms with Gasteiger partial charge < -0.3 is 15.3 Å². The van der Waals surface area contributed by atoms with E-state index in [1.807, 2.05) is 6.07 Å². The fourth-order valence-electron chi connectivity index (χ4n) is 3.26. The zero-order valence-electron chi connectivity index (χ0n) is 15.2. The normalized spacial score (nSPS) is 17.3. The maximum Gasteiger partial charge on any atom is 0.227 e. The van der Waals surface area contributed by atoms with Crippen molar-refractivity contribution in [3.8, 4) is 5.75 Å². The SMILES string of the molecule is CCCCCCNC(=O)C1CCCN(C(=O)Cc2ccccc2O)C1. The number of nitrogens with zero attached hydrogens (tertiary/aromatic N) is 1. The van der Waals surface area contributed by atoms with Crippen LogP contribution in [0.2, 0.25) is 0 Å². The number of rotatable bonds is 8. The highest BCUT2D eigenvalue weighted by atomic mass is 16.3. The average Bonchev–Trinajstić information content (AvgIpc) is 2.63. The van der Waals surface area contributed by atoms with E-state index in [1.54, 1.807) is 23.1 Å². The van der Waals surface area contributed by atoms with Crippen molar-refractivity contribution in [1.29, 1.82) is 0 Å². The highest BCUT2D eigenvalue weighted by molar-refractivity contribution is 5.82. The molecule has 1 aliphatic heterocycles. The van der Waals surface area contributed by atoms with E-state index in [1.165, 1.54) is 12.8 Å². The van der Waals surface area contributed by atoms with E-state index < -0.39 is 0 Å². The lowest BCUT2D eigenvalue weighted by atomic mass is 9.96. The van der Waals surface area contributed by atoms with Crippen LogP contribution in [-0.2, 0) is 16.0 Å². The molecule has 1 unspecified atom stereocenters. The molecule has 0 spiro atoms. The fraction of sp³-hybridized carbons (Fsp3) is 0.600. The van der Waals surface area contributed by atoms with Crippen LogP contribution in [0.25, 0.3) is 0 Å². The molecular weight excluding hydrogens is 316 g/mol. The van der Waals surface area contributed by atoms with E-state index in [4.69, 9.17) is 0 Å². The van der Waals surface area contributed by atoms with E-state index in [9.17, 15) is 14.7 Å². The molecule has 5 heteroatoms. The lowest BCUT2D eigenvalue weighted by Crippen LogP contribution is -2.46. The van der Waals surface area contributed by atoms with Crippen LogP contribution in [-0.4, -0.2) is 41.5 Å². The smallest absolute Gasteiger partial charge is 0.227 e. The van der Waals surface area contributed by atoms with Crippen molar-refractivity contribution < 1.29 is 14.7 Å². The standard InChI is InChI=1S/C20H30N2O3/c1-2-3-4-7-12-21-20(25)17-10-8-13-22(15-17)19(24)14-16-9-5-6-11-18(16)23/h5-6,9,11,17,23H,2-4,7-8,10,12-15H2,1H3,(H,21,25). The quantitative estimate of drug-likeness (QED) is 0.711. The summed E-state index contributed by atoms with van der Waals surface area (Å²) >= 11 is 0. The van der Waals surface area contributed by atoms with Crippen LogP contribution < -0.4 is 5.32 Å². The van der Waals surface area contributed by atoms with Crippen LogP contribution in [0.4, 0.5) is 0 Å². The second kappa shape index (κ2) is 10.1. The highest BCUT2D eigenvalue weighted by Crippen LogP contribution is 2.20. The summed E-state index contributed by atoms with van der Waals surface area (Å²) in [5, 5.41) is 12.8. The average molecular weight is 346 g/mol. The Morgan fingerprint density at radius 2 is 2.04 bits per heavy atom. The van der Waals surface area contributed by atoms with Gasteiger partial charge in [-0.05, 0) is 25.3 Å². The second-order valence-corrected chi connectivity index (χ2v) is 6.84. The van der Waals surface area contributed by atoms with E-state index in [2.05, 4.69) is 12.2 Å². The Bertz CT molecular complexity index is 574. The lowest BCUT2D eigenvalue weighted by molar-refractivity contribution is -0.135. The van der Waals surface area contributed by atoms with Crippen LogP contribution in [0.1, 0.15) is 51.0 Å². The van der Waals surface area contributed by atoms with E-state index in [-0.39, 0.29) is 29.9 Å². The molecule has 1 aliphatic rings. The number of phenols is 1. The Labute approximate surface area is 150 Å². The van der Waals surface area contributed by atoms with Gasteiger partial charge in [0, 0.05) is 25.2 Å². The molecule has 0 radical (unpaired) electrons. The van der Waals surface area contributed by atoms with Crippen molar-refractivity contribution in [2.24, 2.45) is 5.92 Å². The molecule has 0 aromatic heterocycles. The van der Waals surface area contributed by atoms with Crippen LogP contribution >= 0.6 is 0 Å². The Morgan fingerprint density at radius 3 is 2.80 bits per heavy atom. The predicted octanol–water partition coefficient (Wildman–Crippen LogP) is 2.87. The Morgan fingerprint density at radius 1 is 1.24 bits per heavy atom. The highest BCUT2D eigenvalue weighted by Gasteiger charge is 2.28. The fourth-order valence-corrected chi connectivity index (χ4v) is 3.26. The first-order valence-electron chi connectivity index (χ1n) is 9.44. The zero-order chi connectivity index (χ0) is 18.1. The van der Waals surface area contributed by atoms with Gasteiger partial charge in [-0.2, -0.15) is 0 Å². The van der Waals surface area contributed by atoms with Gasteiger partial charge in [0.15, 0.2) is 0 Å². The first-order valence-corrected chi connectivity index (χ1v) is 9.44. The number of hydrogen-bond acceptors (Lipinski definition) is 3. The van der Waals surface area contributed by atoms with Gasteiger partial charge in [0.1, 0.15) is 5.75 Å². The molecule has 2 N–H and O–H groups in total. The van der Waals surface area contributed by atoms with Gasteiger partial charge in [0.2, 0.25) is 11.8 Å². The van der Waals surface area contributed by atoms with Gasteiger partial charge in [-0.25, -0.2) is 0 Å². The van der Waals surface area contributed by atoms with Gasteiger partial charge >= 0.3 is 0 Å². The molecule has 138 valence electrons. The van der Waals surface area contributed by atoms with Crippen molar-refractivity contribution in [3.63, 3.8) is 0 Å². The molecule has 1 aromatic rings. The molecule has 1 atom stereocenters. The minimum atomic E-state index is -0.117. The van der Waals surface area contributed by atoms with Gasteiger partial charge in [-0.3, -0.25) is 9.59 Å². The molecule has 0 bridgehead atoms. The summed E-state index contributed by atoms with van der Waals surface area (Å²) in [7, 11) is 0. The maximum atomic E-state index is 12.5. The van der Waals surface area contributed by atoms with Crippen molar-refractivity contribution in [2.45, 2.75) is 51.9 Å². The number of para-hydroxylation sites is 1. The molecule has 2 rings (SSSR count). The first-order chi connectivity index (χ1) is 12.1. The summed E-state index contributed by atoms with van der Waals surface area (Å²) < 4.78 is 0. The number of aromatic hydroxyl groups is 1. The summed E-state index contributed by atoms with van der Waals surface area (Å²) in [5.41, 5.74) is 0.634. The minimum Gasteiger partial charge on any atom is -0.508 e. The summed E-state index contributed by atoms with van der Waals surface area (Å²) in [4.78, 5) is 26.6. The summed E-state index contributed by atoms with van der Waals surface area (Å²) in [6.45, 7) is 4.06. The Kier molecular flexibility index (Phi) is 7.76. The Balaban J connectivity index is 1.80. The van der Waals surface area contributed by atoms with Crippen molar-refractivity contribution >= 4 is 11.8 Å². The zero-order valence-corrected chi connectivity index (χ0v) is 15.2. The molecule has 1 aromatic carbocycles. The minimum absolute atomic E-state index is 0.0260. The number of carbonyl (C=O) groups excluding carboxylic acids is 2. The number of likely N-dealkylation sites (tertiary alicyclic amines) is 1. The van der Waals surface area contributed by atoms with Gasteiger partial charge in [-0.15, -0.1) is 0 Å². The maximum absolute atomic E-state index is 12.5. The van der Waals surface area contributed by atoms with E-state index in [0.717, 1.165) is 32.2 Å². The number of benzene rings is 1. The largest absolute Gasteiger partial charge is 0.508 e. The van der Waals surface area contributed by atoms with E-state index >= 15 is 0 Å². The number of amides is 2. The number of phenolic OH excluding ortho intramolecular Hbond substituents is 1. The van der Waals surface area contributed by atoms with E-state index in [0.29, 0.717) is 18.7 Å². The molecule has 0 aliphatic carbocycles. The molecule has 1 heterocycles. The third kappa shape index (κ3) is 6.07. The lowest BCUT2D eigenvalue weighted by Gasteiger charge is -2.32. The number of nitrogens with one attached hydrogen (secondary N) is 1. The number of piperidine rings is 1. The molecule has 1 fully saturated rings. The van der Waals surface area contributed by atoms with Crippen molar-refractivity contribution in [2.75, 3.05) is 19.6 Å². The number of carbonyl (C=O) groups is 2. The Hall–Kier alpha value is -2.04.